The highest BCUT2D eigenvalue weighted by atomic mass is 16.2. The standard InChI is InChI=1S/C15H22N6O/c1-5-20(10-15(22)16-11(2)3)13-6-7-14(18-17-13)21-9-8-12(4)19-21/h6-9,11H,5,10H2,1-4H3,(H,16,22). The van der Waals surface area contributed by atoms with Crippen LogP contribution in [0.15, 0.2) is 24.4 Å². The molecule has 2 rings (SSSR count). The van der Waals surface area contributed by atoms with Crippen molar-refractivity contribution in [1.29, 1.82) is 0 Å². The van der Waals surface area contributed by atoms with E-state index >= 15 is 0 Å². The molecule has 2 aromatic rings. The van der Waals surface area contributed by atoms with Crippen molar-refractivity contribution in [2.75, 3.05) is 18.0 Å². The lowest BCUT2D eigenvalue weighted by Crippen LogP contribution is -2.40. The summed E-state index contributed by atoms with van der Waals surface area (Å²) >= 11 is 0. The summed E-state index contributed by atoms with van der Waals surface area (Å²) in [4.78, 5) is 13.7. The van der Waals surface area contributed by atoms with E-state index in [1.54, 1.807) is 4.68 Å². The number of aromatic nitrogens is 4. The normalized spacial score (nSPS) is 10.8. The maximum Gasteiger partial charge on any atom is 0.239 e. The fourth-order valence-corrected chi connectivity index (χ4v) is 2.05. The second-order valence-corrected chi connectivity index (χ2v) is 5.39. The molecular formula is C15H22N6O. The number of hydrogen-bond donors (Lipinski definition) is 1. The van der Waals surface area contributed by atoms with E-state index in [-0.39, 0.29) is 18.5 Å². The minimum atomic E-state index is -0.0228. The molecule has 7 heteroatoms. The van der Waals surface area contributed by atoms with Gasteiger partial charge in [-0.3, -0.25) is 4.79 Å². The molecule has 0 aliphatic heterocycles. The largest absolute Gasteiger partial charge is 0.352 e. The maximum atomic E-state index is 11.9. The van der Waals surface area contributed by atoms with Crippen LogP contribution < -0.4 is 10.2 Å². The summed E-state index contributed by atoms with van der Waals surface area (Å²) in [5.74, 6) is 1.30. The van der Waals surface area contributed by atoms with Gasteiger partial charge in [-0.2, -0.15) is 5.10 Å². The molecule has 2 heterocycles. The Morgan fingerprint density at radius 1 is 1.32 bits per heavy atom. The lowest BCUT2D eigenvalue weighted by Gasteiger charge is -2.21. The van der Waals surface area contributed by atoms with Gasteiger partial charge in [-0.15, -0.1) is 10.2 Å². The first-order valence-corrected chi connectivity index (χ1v) is 7.40. The number of nitrogens with zero attached hydrogens (tertiary/aromatic N) is 5. The molecule has 0 saturated heterocycles. The summed E-state index contributed by atoms with van der Waals surface area (Å²) in [6.07, 6.45) is 1.84. The van der Waals surface area contributed by atoms with Gasteiger partial charge >= 0.3 is 0 Å². The van der Waals surface area contributed by atoms with Crippen LogP contribution in [0.2, 0.25) is 0 Å². The van der Waals surface area contributed by atoms with E-state index in [0.717, 1.165) is 5.69 Å². The van der Waals surface area contributed by atoms with Crippen LogP contribution >= 0.6 is 0 Å². The zero-order chi connectivity index (χ0) is 16.1. The zero-order valence-electron chi connectivity index (χ0n) is 13.4. The summed E-state index contributed by atoms with van der Waals surface area (Å²) in [5.41, 5.74) is 0.923. The summed E-state index contributed by atoms with van der Waals surface area (Å²) in [7, 11) is 0. The quantitative estimate of drug-likeness (QED) is 0.871. The highest BCUT2D eigenvalue weighted by Gasteiger charge is 2.12. The molecule has 0 unspecified atom stereocenters. The molecule has 0 radical (unpaired) electrons. The van der Waals surface area contributed by atoms with E-state index < -0.39 is 0 Å². The Morgan fingerprint density at radius 3 is 2.59 bits per heavy atom. The Bertz CT molecular complexity index is 619. The van der Waals surface area contributed by atoms with Gasteiger partial charge in [0.1, 0.15) is 0 Å². The molecule has 1 N–H and O–H groups in total. The van der Waals surface area contributed by atoms with Gasteiger partial charge in [-0.1, -0.05) is 0 Å². The van der Waals surface area contributed by atoms with Crippen LogP contribution in [0.5, 0.6) is 0 Å². The Kier molecular flexibility index (Phi) is 5.08. The van der Waals surface area contributed by atoms with E-state index in [1.165, 1.54) is 0 Å². The maximum absolute atomic E-state index is 11.9. The molecule has 0 aliphatic rings. The van der Waals surface area contributed by atoms with Gasteiger partial charge in [0.2, 0.25) is 5.91 Å². The third kappa shape index (κ3) is 4.03. The monoisotopic (exact) mass is 302 g/mol. The van der Waals surface area contributed by atoms with E-state index in [2.05, 4.69) is 20.6 Å². The molecule has 1 amide bonds. The molecule has 0 fully saturated rings. The molecule has 2 aromatic heterocycles. The smallest absolute Gasteiger partial charge is 0.239 e. The average molecular weight is 302 g/mol. The third-order valence-corrected chi connectivity index (χ3v) is 3.08. The van der Waals surface area contributed by atoms with Crippen molar-refractivity contribution >= 4 is 11.7 Å². The number of likely N-dealkylation sites (N-methyl/N-ethyl adjacent to an activating group) is 1. The summed E-state index contributed by atoms with van der Waals surface area (Å²) in [6.45, 7) is 8.73. The van der Waals surface area contributed by atoms with E-state index in [0.29, 0.717) is 18.2 Å². The predicted molar refractivity (Wildman–Crippen MR) is 85.1 cm³/mol. The number of aryl methyl sites for hydroxylation is 1. The van der Waals surface area contributed by atoms with Crippen LogP contribution in [-0.2, 0) is 4.79 Å². The van der Waals surface area contributed by atoms with Crippen molar-refractivity contribution in [1.82, 2.24) is 25.3 Å². The number of anilines is 1. The van der Waals surface area contributed by atoms with Crippen LogP contribution in [0, 0.1) is 6.92 Å². The van der Waals surface area contributed by atoms with E-state index in [1.807, 2.05) is 57.0 Å². The molecule has 7 nitrogen and oxygen atoms in total. The SMILES string of the molecule is CCN(CC(=O)NC(C)C)c1ccc(-n2ccc(C)n2)nn1. The third-order valence-electron chi connectivity index (χ3n) is 3.08. The number of carbonyl (C=O) groups excluding carboxylic acids is 1. The number of amides is 1. The number of rotatable bonds is 6. The van der Waals surface area contributed by atoms with Gasteiger partial charge in [0.25, 0.3) is 0 Å². The molecule has 0 spiro atoms. The van der Waals surface area contributed by atoms with Gasteiger partial charge in [-0.05, 0) is 45.9 Å². The molecular weight excluding hydrogens is 280 g/mol. The van der Waals surface area contributed by atoms with E-state index in [9.17, 15) is 4.79 Å². The highest BCUT2D eigenvalue weighted by Crippen LogP contribution is 2.11. The van der Waals surface area contributed by atoms with Crippen LogP contribution in [0.25, 0.3) is 5.82 Å². The average Bonchev–Trinajstić information content (AvgIpc) is 2.91. The van der Waals surface area contributed by atoms with Crippen molar-refractivity contribution in [2.45, 2.75) is 33.7 Å². The summed E-state index contributed by atoms with van der Waals surface area (Å²) in [6, 6.07) is 5.73. The second-order valence-electron chi connectivity index (χ2n) is 5.39. The first-order chi connectivity index (χ1) is 10.5. The van der Waals surface area contributed by atoms with Crippen LogP contribution in [-0.4, -0.2) is 45.0 Å². The predicted octanol–water partition coefficient (Wildman–Crippen LogP) is 1.32. The van der Waals surface area contributed by atoms with Gasteiger partial charge in [0, 0.05) is 18.8 Å². The first-order valence-electron chi connectivity index (χ1n) is 7.40. The Labute approximate surface area is 130 Å². The first kappa shape index (κ1) is 15.9. The molecule has 118 valence electrons. The fraction of sp³-hybridized carbons (Fsp3) is 0.467. The highest BCUT2D eigenvalue weighted by molar-refractivity contribution is 5.81. The fourth-order valence-electron chi connectivity index (χ4n) is 2.05. The molecule has 0 atom stereocenters. The molecule has 0 aromatic carbocycles. The number of hydrogen-bond acceptors (Lipinski definition) is 5. The van der Waals surface area contributed by atoms with Crippen molar-refractivity contribution in [3.8, 4) is 5.82 Å². The van der Waals surface area contributed by atoms with Crippen molar-refractivity contribution < 1.29 is 4.79 Å². The molecule has 0 aliphatic carbocycles. The van der Waals surface area contributed by atoms with Crippen molar-refractivity contribution in [3.05, 3.63) is 30.1 Å². The minimum absolute atomic E-state index is 0.0228. The number of carbonyl (C=O) groups is 1. The summed E-state index contributed by atoms with van der Waals surface area (Å²) < 4.78 is 1.67. The van der Waals surface area contributed by atoms with E-state index in [4.69, 9.17) is 0 Å². The van der Waals surface area contributed by atoms with Crippen LogP contribution in [0.1, 0.15) is 26.5 Å². The van der Waals surface area contributed by atoms with Gasteiger partial charge in [0.15, 0.2) is 11.6 Å². The Morgan fingerprint density at radius 2 is 2.09 bits per heavy atom. The second kappa shape index (κ2) is 7.02. The van der Waals surface area contributed by atoms with Gasteiger partial charge in [-0.25, -0.2) is 4.68 Å². The van der Waals surface area contributed by atoms with Crippen molar-refractivity contribution in [3.63, 3.8) is 0 Å². The zero-order valence-corrected chi connectivity index (χ0v) is 13.4. The van der Waals surface area contributed by atoms with Crippen LogP contribution in [0.3, 0.4) is 0 Å². The van der Waals surface area contributed by atoms with Gasteiger partial charge in [0.05, 0.1) is 12.2 Å². The topological polar surface area (TPSA) is 75.9 Å². The number of nitrogens with one attached hydrogen (secondary N) is 1. The van der Waals surface area contributed by atoms with Crippen molar-refractivity contribution in [2.24, 2.45) is 0 Å². The van der Waals surface area contributed by atoms with Crippen LogP contribution in [0.4, 0.5) is 5.82 Å². The minimum Gasteiger partial charge on any atom is -0.352 e. The molecule has 0 saturated carbocycles. The Hall–Kier alpha value is -2.44. The Balaban J connectivity index is 2.08. The lowest BCUT2D eigenvalue weighted by atomic mass is 10.3. The summed E-state index contributed by atoms with van der Waals surface area (Å²) in [5, 5.41) is 15.5. The lowest BCUT2D eigenvalue weighted by molar-refractivity contribution is -0.120. The van der Waals surface area contributed by atoms with Gasteiger partial charge < -0.3 is 10.2 Å². The molecule has 0 bridgehead atoms. The molecule has 22 heavy (non-hydrogen) atoms.